The molecule has 1 aromatic rings. The molecule has 2 rings (SSSR count). The van der Waals surface area contributed by atoms with Gasteiger partial charge in [-0.25, -0.2) is 0 Å². The maximum atomic E-state index is 5.90. The van der Waals surface area contributed by atoms with Crippen molar-refractivity contribution < 1.29 is 4.74 Å². The van der Waals surface area contributed by atoms with Crippen LogP contribution in [-0.4, -0.2) is 28.0 Å². The van der Waals surface area contributed by atoms with E-state index in [-0.39, 0.29) is 5.54 Å². The number of aromatic nitrogens is 3. The van der Waals surface area contributed by atoms with Crippen molar-refractivity contribution in [2.45, 2.75) is 25.3 Å². The van der Waals surface area contributed by atoms with Crippen molar-refractivity contribution in [1.82, 2.24) is 14.8 Å². The molecule has 0 radical (unpaired) electrons. The molecule has 4 nitrogen and oxygen atoms in total. The van der Waals surface area contributed by atoms with Crippen molar-refractivity contribution in [2.24, 2.45) is 0 Å². The van der Waals surface area contributed by atoms with Gasteiger partial charge in [-0.05, 0) is 31.4 Å². The van der Waals surface area contributed by atoms with Gasteiger partial charge in [0.05, 0.1) is 12.1 Å². The predicted molar refractivity (Wildman–Crippen MR) is 48.7 cm³/mol. The zero-order chi connectivity index (χ0) is 9.31. The van der Waals surface area contributed by atoms with Gasteiger partial charge in [0.15, 0.2) is 0 Å². The van der Waals surface area contributed by atoms with E-state index in [4.69, 9.17) is 16.3 Å². The van der Waals surface area contributed by atoms with Gasteiger partial charge in [0.1, 0.15) is 6.33 Å². The molecule has 0 bridgehead atoms. The molecule has 1 aliphatic rings. The third-order valence-electron chi connectivity index (χ3n) is 2.50. The first-order valence-electron chi connectivity index (χ1n) is 4.36. The number of hydrogen-bond acceptors (Lipinski definition) is 3. The molecule has 2 heterocycles. The van der Waals surface area contributed by atoms with Crippen LogP contribution in [0.5, 0.6) is 0 Å². The van der Waals surface area contributed by atoms with Crippen molar-refractivity contribution >= 4 is 11.6 Å². The van der Waals surface area contributed by atoms with Gasteiger partial charge >= 0.3 is 0 Å². The Kier molecular flexibility index (Phi) is 2.26. The van der Waals surface area contributed by atoms with E-state index in [0.717, 1.165) is 19.4 Å². The van der Waals surface area contributed by atoms with E-state index in [1.807, 2.05) is 4.57 Å². The average molecular weight is 202 g/mol. The SMILES string of the molecule is CC1(n2cnnc2Cl)CCCOC1. The largest absolute Gasteiger partial charge is 0.379 e. The van der Waals surface area contributed by atoms with E-state index >= 15 is 0 Å². The fraction of sp³-hybridized carbons (Fsp3) is 0.750. The molecule has 0 amide bonds. The van der Waals surface area contributed by atoms with E-state index in [9.17, 15) is 0 Å². The van der Waals surface area contributed by atoms with Gasteiger partial charge in [-0.15, -0.1) is 10.2 Å². The summed E-state index contributed by atoms with van der Waals surface area (Å²) in [6.07, 6.45) is 3.78. The number of nitrogens with zero attached hydrogens (tertiary/aromatic N) is 3. The molecule has 1 unspecified atom stereocenters. The minimum atomic E-state index is -0.0706. The number of rotatable bonds is 1. The van der Waals surface area contributed by atoms with E-state index < -0.39 is 0 Å². The molecule has 1 atom stereocenters. The zero-order valence-corrected chi connectivity index (χ0v) is 8.29. The first-order chi connectivity index (χ1) is 6.22. The Bertz CT molecular complexity index is 293. The first kappa shape index (κ1) is 8.97. The Morgan fingerprint density at radius 1 is 1.69 bits per heavy atom. The second-order valence-electron chi connectivity index (χ2n) is 3.62. The molecule has 5 heteroatoms. The lowest BCUT2D eigenvalue weighted by atomic mass is 9.95. The van der Waals surface area contributed by atoms with Crippen LogP contribution in [0.4, 0.5) is 0 Å². The van der Waals surface area contributed by atoms with Gasteiger partial charge in [-0.2, -0.15) is 0 Å². The maximum Gasteiger partial charge on any atom is 0.225 e. The van der Waals surface area contributed by atoms with Crippen LogP contribution in [0.15, 0.2) is 6.33 Å². The van der Waals surface area contributed by atoms with Gasteiger partial charge in [0.25, 0.3) is 0 Å². The van der Waals surface area contributed by atoms with Crippen LogP contribution >= 0.6 is 11.6 Å². The highest BCUT2D eigenvalue weighted by Crippen LogP contribution is 2.28. The van der Waals surface area contributed by atoms with Crippen LogP contribution in [0.1, 0.15) is 19.8 Å². The molecule has 0 aliphatic carbocycles. The Labute approximate surface area is 81.9 Å². The van der Waals surface area contributed by atoms with Crippen molar-refractivity contribution in [2.75, 3.05) is 13.2 Å². The van der Waals surface area contributed by atoms with Crippen LogP contribution in [0.3, 0.4) is 0 Å². The molecule has 0 spiro atoms. The van der Waals surface area contributed by atoms with Crippen LogP contribution < -0.4 is 0 Å². The summed E-state index contributed by atoms with van der Waals surface area (Å²) in [5.74, 6) is 0. The second kappa shape index (κ2) is 3.27. The summed E-state index contributed by atoms with van der Waals surface area (Å²) in [6.45, 7) is 3.64. The molecular formula is C8H12ClN3O. The molecular weight excluding hydrogens is 190 g/mol. The van der Waals surface area contributed by atoms with Gasteiger partial charge < -0.3 is 4.74 Å². The van der Waals surface area contributed by atoms with Gasteiger partial charge in [0.2, 0.25) is 5.28 Å². The average Bonchev–Trinajstić information content (AvgIpc) is 2.53. The van der Waals surface area contributed by atoms with Crippen molar-refractivity contribution in [1.29, 1.82) is 0 Å². The highest BCUT2D eigenvalue weighted by atomic mass is 35.5. The number of halogens is 1. The molecule has 1 fully saturated rings. The normalized spacial score (nSPS) is 29.1. The lowest BCUT2D eigenvalue weighted by molar-refractivity contribution is 0.00945. The summed E-state index contributed by atoms with van der Waals surface area (Å²) in [5, 5.41) is 7.97. The predicted octanol–water partition coefficient (Wildman–Crippen LogP) is 1.46. The third-order valence-corrected chi connectivity index (χ3v) is 2.76. The maximum absolute atomic E-state index is 5.90. The lowest BCUT2D eigenvalue weighted by Crippen LogP contribution is -2.38. The Balaban J connectivity index is 2.27. The summed E-state index contributed by atoms with van der Waals surface area (Å²) < 4.78 is 7.31. The molecule has 1 aliphatic heterocycles. The van der Waals surface area contributed by atoms with E-state index in [1.165, 1.54) is 0 Å². The molecule has 0 saturated carbocycles. The van der Waals surface area contributed by atoms with Crippen LogP contribution in [-0.2, 0) is 10.3 Å². The van der Waals surface area contributed by atoms with E-state index in [1.54, 1.807) is 6.33 Å². The van der Waals surface area contributed by atoms with Crippen molar-refractivity contribution in [3.63, 3.8) is 0 Å². The van der Waals surface area contributed by atoms with Crippen molar-refractivity contribution in [3.8, 4) is 0 Å². The lowest BCUT2D eigenvalue weighted by Gasteiger charge is -2.34. The smallest absolute Gasteiger partial charge is 0.225 e. The highest BCUT2D eigenvalue weighted by Gasteiger charge is 2.31. The topological polar surface area (TPSA) is 39.9 Å². The molecule has 1 aromatic heterocycles. The Hall–Kier alpha value is -0.610. The standard InChI is InChI=1S/C8H12ClN3O/c1-8(3-2-4-13-5-8)12-6-10-11-7(12)9/h6H,2-5H2,1H3. The Morgan fingerprint density at radius 2 is 2.54 bits per heavy atom. The summed E-state index contributed by atoms with van der Waals surface area (Å²) >= 11 is 5.90. The molecule has 13 heavy (non-hydrogen) atoms. The van der Waals surface area contributed by atoms with E-state index in [2.05, 4.69) is 17.1 Å². The summed E-state index contributed by atoms with van der Waals surface area (Å²) in [5.41, 5.74) is -0.0706. The fourth-order valence-electron chi connectivity index (χ4n) is 1.69. The summed E-state index contributed by atoms with van der Waals surface area (Å²) in [4.78, 5) is 0. The number of hydrogen-bond donors (Lipinski definition) is 0. The van der Waals surface area contributed by atoms with Gasteiger partial charge in [-0.1, -0.05) is 0 Å². The number of ether oxygens (including phenoxy) is 1. The van der Waals surface area contributed by atoms with Crippen molar-refractivity contribution in [3.05, 3.63) is 11.6 Å². The second-order valence-corrected chi connectivity index (χ2v) is 3.96. The quantitative estimate of drug-likeness (QED) is 0.691. The Morgan fingerprint density at radius 3 is 3.08 bits per heavy atom. The molecule has 1 saturated heterocycles. The zero-order valence-electron chi connectivity index (χ0n) is 7.53. The molecule has 72 valence electrons. The van der Waals surface area contributed by atoms with Gasteiger partial charge in [0, 0.05) is 6.61 Å². The summed E-state index contributed by atoms with van der Waals surface area (Å²) in [6, 6.07) is 0. The molecule has 0 aromatic carbocycles. The minimum Gasteiger partial charge on any atom is -0.379 e. The first-order valence-corrected chi connectivity index (χ1v) is 4.74. The van der Waals surface area contributed by atoms with Crippen LogP contribution in [0.25, 0.3) is 0 Å². The third kappa shape index (κ3) is 1.56. The van der Waals surface area contributed by atoms with E-state index in [0.29, 0.717) is 11.9 Å². The van der Waals surface area contributed by atoms with Gasteiger partial charge in [-0.3, -0.25) is 4.57 Å². The highest BCUT2D eigenvalue weighted by molar-refractivity contribution is 6.28. The molecule has 0 N–H and O–H groups in total. The minimum absolute atomic E-state index is 0.0706. The van der Waals surface area contributed by atoms with Crippen LogP contribution in [0.2, 0.25) is 5.28 Å². The summed E-state index contributed by atoms with van der Waals surface area (Å²) in [7, 11) is 0. The van der Waals surface area contributed by atoms with Crippen LogP contribution in [0, 0.1) is 0 Å². The fourth-order valence-corrected chi connectivity index (χ4v) is 1.98. The monoisotopic (exact) mass is 201 g/mol.